The zero-order valence-corrected chi connectivity index (χ0v) is 15.4. The Bertz CT molecular complexity index is 722. The molecule has 4 heteroatoms. The van der Waals surface area contributed by atoms with E-state index in [0.717, 1.165) is 23.4 Å². The van der Waals surface area contributed by atoms with Gasteiger partial charge in [-0.2, -0.15) is 0 Å². The molecule has 0 radical (unpaired) electrons. The zero-order valence-electron chi connectivity index (χ0n) is 15.4. The van der Waals surface area contributed by atoms with E-state index in [1.807, 2.05) is 54.6 Å². The van der Waals surface area contributed by atoms with Gasteiger partial charge in [0.2, 0.25) is 5.91 Å². The van der Waals surface area contributed by atoms with Crippen molar-refractivity contribution in [1.82, 2.24) is 5.32 Å². The number of rotatable bonds is 9. The Morgan fingerprint density at radius 2 is 1.85 bits per heavy atom. The number of hydrogen-bond acceptors (Lipinski definition) is 2. The maximum atomic E-state index is 12.3. The van der Waals surface area contributed by atoms with E-state index in [1.54, 1.807) is 18.2 Å². The molecule has 26 heavy (non-hydrogen) atoms. The molecule has 4 nitrogen and oxygen atoms in total. The maximum Gasteiger partial charge on any atom is 0.244 e. The van der Waals surface area contributed by atoms with Crippen molar-refractivity contribution < 1.29 is 14.4 Å². The first-order chi connectivity index (χ1) is 12.6. The first-order valence-electron chi connectivity index (χ1n) is 8.75. The van der Waals surface area contributed by atoms with Gasteiger partial charge in [0, 0.05) is 6.08 Å². The summed E-state index contributed by atoms with van der Waals surface area (Å²) in [5, 5.41) is 3.09. The van der Waals surface area contributed by atoms with Crippen molar-refractivity contribution in [3.8, 4) is 5.75 Å². The molecule has 1 amide bonds. The number of carbonyl (C=O) groups is 1. The summed E-state index contributed by atoms with van der Waals surface area (Å²) in [5.74, 6) is 0.677. The smallest absolute Gasteiger partial charge is 0.244 e. The second-order valence-electron chi connectivity index (χ2n) is 6.39. The Morgan fingerprint density at radius 1 is 1.15 bits per heavy atom. The number of hydrogen-bond donors (Lipinski definition) is 2. The fourth-order valence-electron chi connectivity index (χ4n) is 2.57. The van der Waals surface area contributed by atoms with Gasteiger partial charge in [-0.25, -0.2) is 0 Å². The number of carbonyl (C=O) groups excluding carboxylic acids is 1. The Hall–Kier alpha value is -2.85. The lowest BCUT2D eigenvalue weighted by molar-refractivity contribution is -0.860. The summed E-state index contributed by atoms with van der Waals surface area (Å²) in [5.41, 5.74) is 2.06. The van der Waals surface area contributed by atoms with Crippen molar-refractivity contribution in [3.63, 3.8) is 0 Å². The Balaban J connectivity index is 1.98. The molecule has 0 aliphatic heterocycles. The molecule has 2 N–H and O–H groups in total. The van der Waals surface area contributed by atoms with Crippen molar-refractivity contribution in [1.29, 1.82) is 0 Å². The molecular formula is C22H27N2O2+. The van der Waals surface area contributed by atoms with Gasteiger partial charge < -0.3 is 15.0 Å². The van der Waals surface area contributed by atoms with Crippen LogP contribution in [0.1, 0.15) is 17.2 Å². The van der Waals surface area contributed by atoms with Crippen LogP contribution in [-0.4, -0.2) is 33.2 Å². The van der Waals surface area contributed by atoms with E-state index in [9.17, 15) is 4.79 Å². The van der Waals surface area contributed by atoms with Gasteiger partial charge in [0.1, 0.15) is 24.9 Å². The SMILES string of the molecule is C=CCOc1ccc(/C=C/C(=O)N[C@@H](C[NH+](C)C)c2ccccc2)cc1. The monoisotopic (exact) mass is 351 g/mol. The summed E-state index contributed by atoms with van der Waals surface area (Å²) in [6.07, 6.45) is 5.08. The highest BCUT2D eigenvalue weighted by atomic mass is 16.5. The van der Waals surface area contributed by atoms with Crippen molar-refractivity contribution in [3.05, 3.63) is 84.5 Å². The van der Waals surface area contributed by atoms with Crippen LogP contribution >= 0.6 is 0 Å². The molecule has 0 aromatic heterocycles. The van der Waals surface area contributed by atoms with Crippen LogP contribution in [0.2, 0.25) is 0 Å². The average Bonchev–Trinajstić information content (AvgIpc) is 2.65. The molecule has 136 valence electrons. The van der Waals surface area contributed by atoms with Crippen LogP contribution in [0.4, 0.5) is 0 Å². The number of nitrogens with one attached hydrogen (secondary N) is 2. The molecular weight excluding hydrogens is 324 g/mol. The highest BCUT2D eigenvalue weighted by Gasteiger charge is 2.16. The van der Waals surface area contributed by atoms with Gasteiger partial charge in [-0.1, -0.05) is 55.1 Å². The third-order valence-electron chi connectivity index (χ3n) is 3.81. The van der Waals surface area contributed by atoms with Crippen LogP contribution in [0.15, 0.2) is 73.3 Å². The topological polar surface area (TPSA) is 42.8 Å². The Morgan fingerprint density at radius 3 is 2.46 bits per heavy atom. The molecule has 0 saturated heterocycles. The van der Waals surface area contributed by atoms with Crippen molar-refractivity contribution in [2.45, 2.75) is 6.04 Å². The molecule has 0 aliphatic rings. The van der Waals surface area contributed by atoms with Crippen molar-refractivity contribution in [2.75, 3.05) is 27.2 Å². The molecule has 0 heterocycles. The molecule has 0 fully saturated rings. The highest BCUT2D eigenvalue weighted by molar-refractivity contribution is 5.92. The zero-order chi connectivity index (χ0) is 18.8. The third-order valence-corrected chi connectivity index (χ3v) is 3.81. The van der Waals surface area contributed by atoms with Gasteiger partial charge in [0.25, 0.3) is 0 Å². The van der Waals surface area contributed by atoms with Crippen LogP contribution in [0.5, 0.6) is 5.75 Å². The Kier molecular flexibility index (Phi) is 7.65. The summed E-state index contributed by atoms with van der Waals surface area (Å²) in [4.78, 5) is 13.6. The second-order valence-corrected chi connectivity index (χ2v) is 6.39. The van der Waals surface area contributed by atoms with Crippen LogP contribution in [0.3, 0.4) is 0 Å². The van der Waals surface area contributed by atoms with Gasteiger partial charge in [0.05, 0.1) is 14.1 Å². The number of benzene rings is 2. The van der Waals surface area contributed by atoms with E-state index >= 15 is 0 Å². The molecule has 0 aliphatic carbocycles. The molecule has 1 atom stereocenters. The van der Waals surface area contributed by atoms with E-state index in [1.165, 1.54) is 4.90 Å². The predicted octanol–water partition coefficient (Wildman–Crippen LogP) is 2.27. The average molecular weight is 351 g/mol. The predicted molar refractivity (Wildman–Crippen MR) is 106 cm³/mol. The molecule has 2 rings (SSSR count). The molecule has 0 spiro atoms. The first kappa shape index (κ1) is 19.5. The third kappa shape index (κ3) is 6.57. The van der Waals surface area contributed by atoms with Gasteiger partial charge in [-0.05, 0) is 29.3 Å². The summed E-state index contributed by atoms with van der Waals surface area (Å²) in [6.45, 7) is 4.92. The largest absolute Gasteiger partial charge is 0.490 e. The molecule has 2 aromatic carbocycles. The molecule has 0 unspecified atom stereocenters. The minimum Gasteiger partial charge on any atom is -0.490 e. The van der Waals surface area contributed by atoms with E-state index < -0.39 is 0 Å². The van der Waals surface area contributed by atoms with E-state index in [2.05, 4.69) is 26.0 Å². The summed E-state index contributed by atoms with van der Waals surface area (Å²) >= 11 is 0. The fraction of sp³-hybridized carbons (Fsp3) is 0.227. The van der Waals surface area contributed by atoms with Crippen LogP contribution in [0, 0.1) is 0 Å². The summed E-state index contributed by atoms with van der Waals surface area (Å²) in [6, 6.07) is 17.6. The molecule has 0 bridgehead atoms. The maximum absolute atomic E-state index is 12.3. The quantitative estimate of drug-likeness (QED) is 0.538. The normalized spacial score (nSPS) is 12.1. The van der Waals surface area contributed by atoms with Crippen LogP contribution in [-0.2, 0) is 4.79 Å². The summed E-state index contributed by atoms with van der Waals surface area (Å²) in [7, 11) is 4.15. The number of likely N-dealkylation sites (N-methyl/N-ethyl adjacent to an activating group) is 1. The lowest BCUT2D eigenvalue weighted by Crippen LogP contribution is -3.06. The van der Waals surface area contributed by atoms with Crippen LogP contribution < -0.4 is 15.0 Å². The number of quaternary nitrogens is 1. The molecule has 0 saturated carbocycles. The lowest BCUT2D eigenvalue weighted by atomic mass is 10.1. The minimum absolute atomic E-state index is 0.0203. The fourth-order valence-corrected chi connectivity index (χ4v) is 2.57. The van der Waals surface area contributed by atoms with Crippen molar-refractivity contribution in [2.24, 2.45) is 0 Å². The Labute approximate surface area is 155 Å². The number of ether oxygens (including phenoxy) is 1. The van der Waals surface area contributed by atoms with E-state index in [4.69, 9.17) is 4.74 Å². The van der Waals surface area contributed by atoms with E-state index in [-0.39, 0.29) is 11.9 Å². The minimum atomic E-state index is -0.105. The van der Waals surface area contributed by atoms with Gasteiger partial charge >= 0.3 is 0 Å². The van der Waals surface area contributed by atoms with Crippen LogP contribution in [0.25, 0.3) is 6.08 Å². The lowest BCUT2D eigenvalue weighted by Gasteiger charge is -2.20. The van der Waals surface area contributed by atoms with Crippen molar-refractivity contribution >= 4 is 12.0 Å². The molecule has 2 aromatic rings. The summed E-state index contributed by atoms with van der Waals surface area (Å²) < 4.78 is 5.45. The second kappa shape index (κ2) is 10.2. The standard InChI is InChI=1S/C22H26N2O2/c1-4-16-26-20-13-10-18(11-14-20)12-15-22(25)23-21(17-24(2)3)19-8-6-5-7-9-19/h4-15,21H,1,16-17H2,2-3H3,(H,23,25)/p+1/b15-12+/t21-/m0/s1. The van der Waals surface area contributed by atoms with E-state index in [0.29, 0.717) is 6.61 Å². The van der Waals surface area contributed by atoms with Gasteiger partial charge in [-0.15, -0.1) is 0 Å². The van der Waals surface area contributed by atoms with Gasteiger partial charge in [0.15, 0.2) is 0 Å². The highest BCUT2D eigenvalue weighted by Crippen LogP contribution is 2.14. The number of amides is 1. The van der Waals surface area contributed by atoms with Gasteiger partial charge in [-0.3, -0.25) is 4.79 Å². The first-order valence-corrected chi connectivity index (χ1v) is 8.75.